The SMILES string of the molecule is COc1cc([C@@H]2c3cc4c(cc3[C@@H](O[C@@H]3O[C@@H]5CO[C@@H](C)O[C@H]5[C@H](OC(=O)COc5c(F)c(F)c(F)c(F)c5F)[C@H]3OC(=O)COc3c(F)c(F)c(F)c(F)c3F)[C@H]3COC(=O)[C@H]23)OCO4)cc(OC)c1OP(=O)(O)O.O=C1c2c(O)ccc(O)c2C(=O)c2c(NCCNCCO)ccc(NCCNCCO)c21. The Bertz CT molecular complexity index is 4380. The first-order valence-electron chi connectivity index (χ1n) is 32.3. The summed E-state index contributed by atoms with van der Waals surface area (Å²) in [7, 11) is -2.95. The number of cyclic esters (lactones) is 1. The lowest BCUT2D eigenvalue weighted by Crippen LogP contribution is -2.65. The van der Waals surface area contributed by atoms with Crippen molar-refractivity contribution in [2.24, 2.45) is 11.8 Å². The third-order valence-corrected chi connectivity index (χ3v) is 17.9. The van der Waals surface area contributed by atoms with Crippen molar-refractivity contribution < 1.29 is 169 Å². The minimum atomic E-state index is -5.24. The van der Waals surface area contributed by atoms with E-state index >= 15 is 0 Å². The summed E-state index contributed by atoms with van der Waals surface area (Å²) in [5.74, 6) is -39.2. The zero-order chi connectivity index (χ0) is 77.9. The number of nitrogens with one attached hydrogen (secondary N) is 4. The number of carbonyl (C=O) groups is 5. The molecule has 41 heteroatoms. The van der Waals surface area contributed by atoms with E-state index in [4.69, 9.17) is 71.6 Å². The van der Waals surface area contributed by atoms with Crippen molar-refractivity contribution >= 4 is 48.7 Å². The fourth-order valence-corrected chi connectivity index (χ4v) is 13.3. The lowest BCUT2D eigenvalue weighted by Gasteiger charge is -2.49. The van der Waals surface area contributed by atoms with Crippen molar-refractivity contribution in [2.75, 3.05) is 111 Å². The Morgan fingerprint density at radius 1 is 0.574 bits per heavy atom. The smallest absolute Gasteiger partial charge is 0.507 e. The number of aromatic hydroxyl groups is 2. The monoisotopic (exact) mass is 1560 g/mol. The molecule has 4 heterocycles. The van der Waals surface area contributed by atoms with Gasteiger partial charge in [-0.2, -0.15) is 17.6 Å². The van der Waals surface area contributed by atoms with Crippen LogP contribution >= 0.6 is 7.82 Å². The largest absolute Gasteiger partial charge is 0.525 e. The Hall–Kier alpha value is -10.0. The first-order chi connectivity index (χ1) is 51.5. The van der Waals surface area contributed by atoms with E-state index in [1.807, 2.05) is 0 Å². The third kappa shape index (κ3) is 16.0. The lowest BCUT2D eigenvalue weighted by atomic mass is 9.66. The van der Waals surface area contributed by atoms with Gasteiger partial charge in [0.25, 0.3) is 0 Å². The number of phosphoric ester groups is 1. The van der Waals surface area contributed by atoms with E-state index in [0.717, 1.165) is 14.2 Å². The summed E-state index contributed by atoms with van der Waals surface area (Å²) in [4.78, 5) is 87.4. The van der Waals surface area contributed by atoms with Crippen molar-refractivity contribution in [3.8, 4) is 51.7 Å². The highest BCUT2D eigenvalue weighted by Crippen LogP contribution is 2.58. The van der Waals surface area contributed by atoms with Gasteiger partial charge in [0.1, 0.15) is 23.7 Å². The number of hydrogen-bond donors (Lipinski definition) is 10. The number of aliphatic hydroxyl groups is 2. The number of fused-ring (bicyclic) bond motifs is 6. The number of benzene rings is 6. The van der Waals surface area contributed by atoms with Crippen LogP contribution in [0.15, 0.2) is 48.5 Å². The second-order valence-electron chi connectivity index (χ2n) is 24.1. The summed E-state index contributed by atoms with van der Waals surface area (Å²) in [6, 6.07) is 11.2. The molecule has 2 aliphatic carbocycles. The van der Waals surface area contributed by atoms with Crippen LogP contribution in [0.1, 0.15) is 67.5 Å². The minimum absolute atomic E-state index is 0.00939. The van der Waals surface area contributed by atoms with Crippen LogP contribution in [0.5, 0.6) is 51.7 Å². The number of rotatable bonds is 27. The summed E-state index contributed by atoms with van der Waals surface area (Å²) in [5, 5.41) is 50.6. The van der Waals surface area contributed by atoms with Gasteiger partial charge in [-0.25, -0.2) is 40.5 Å². The van der Waals surface area contributed by atoms with Crippen molar-refractivity contribution in [3.05, 3.63) is 146 Å². The molecule has 0 unspecified atom stereocenters. The molecule has 0 radical (unpaired) electrons. The highest BCUT2D eigenvalue weighted by Gasteiger charge is 2.59. The number of phenols is 2. The molecule has 10 atom stereocenters. The summed E-state index contributed by atoms with van der Waals surface area (Å²) in [5.41, 5.74) is 1.24. The Morgan fingerprint density at radius 3 is 1.52 bits per heavy atom. The van der Waals surface area contributed by atoms with Crippen LogP contribution in [-0.2, 0) is 52.1 Å². The molecule has 6 aromatic carbocycles. The van der Waals surface area contributed by atoms with Crippen molar-refractivity contribution in [1.29, 1.82) is 0 Å². The van der Waals surface area contributed by atoms with Crippen molar-refractivity contribution in [1.82, 2.24) is 10.6 Å². The van der Waals surface area contributed by atoms with Crippen LogP contribution in [0.25, 0.3) is 0 Å². The van der Waals surface area contributed by atoms with E-state index < -0.39 is 200 Å². The van der Waals surface area contributed by atoms with Gasteiger partial charge in [0.15, 0.2) is 72.5 Å². The van der Waals surface area contributed by atoms with E-state index in [9.17, 15) is 92.4 Å². The van der Waals surface area contributed by atoms with E-state index in [-0.39, 0.29) is 93.4 Å². The van der Waals surface area contributed by atoms with Gasteiger partial charge >= 0.3 is 25.7 Å². The zero-order valence-corrected chi connectivity index (χ0v) is 57.1. The van der Waals surface area contributed by atoms with Gasteiger partial charge in [-0.15, -0.1) is 0 Å². The maximum Gasteiger partial charge on any atom is 0.525 e. The summed E-state index contributed by atoms with van der Waals surface area (Å²) in [6.45, 7) is -0.348. The van der Waals surface area contributed by atoms with Crippen LogP contribution in [0.4, 0.5) is 55.3 Å². The number of halogens is 10. The first kappa shape index (κ1) is 79.1. The molecule has 4 aliphatic heterocycles. The second kappa shape index (κ2) is 33.2. The molecule has 12 rings (SSSR count). The van der Waals surface area contributed by atoms with Crippen LogP contribution in [0.3, 0.4) is 0 Å². The molecule has 6 aromatic rings. The maximum atomic E-state index is 14.7. The number of ether oxygens (including phenoxy) is 13. The van der Waals surface area contributed by atoms with Crippen LogP contribution in [0.2, 0.25) is 0 Å². The average molecular weight is 1560 g/mol. The van der Waals surface area contributed by atoms with Gasteiger partial charge in [-0.1, -0.05) is 0 Å². The molecule has 3 saturated heterocycles. The Labute approximate surface area is 602 Å². The molecular formula is C67H63F10N4O26P. The predicted octanol–water partition coefficient (Wildman–Crippen LogP) is 5.62. The molecular weight excluding hydrogens is 1500 g/mol. The normalized spacial score (nSPS) is 21.5. The molecule has 0 saturated carbocycles. The molecule has 0 aromatic heterocycles. The van der Waals surface area contributed by atoms with Gasteiger partial charge in [0, 0.05) is 62.5 Å². The van der Waals surface area contributed by atoms with Gasteiger partial charge < -0.3 is 108 Å². The predicted molar refractivity (Wildman–Crippen MR) is 341 cm³/mol. The van der Waals surface area contributed by atoms with Crippen molar-refractivity contribution in [3.63, 3.8) is 0 Å². The number of aliphatic hydroxyl groups excluding tert-OH is 2. The molecule has 108 heavy (non-hydrogen) atoms. The number of phosphoric acid groups is 1. The Morgan fingerprint density at radius 2 is 1.05 bits per heavy atom. The Balaban J connectivity index is 0.000000302. The summed E-state index contributed by atoms with van der Waals surface area (Å²) < 4.78 is 232. The molecule has 30 nitrogen and oxygen atoms in total. The standard InChI is InChI=1S/C45H35F10O20P.C22H28N4O6/c1-13-64-9-22-39(70-13)42(72-23(56)10-65-40-33(52)29(48)27(46)30(49)34(40)53)43(73-24(57)11-66-41-35(54)31(50)28(47)32(51)36(41)55)45(71-22)74-37-16-7-19-18(68-12-69-19)6-15(16)25(26-17(37)8-67-44(26)58)14-4-20(62-2)38(21(5-14)63-3)75-76(59,60)61;27-11-9-23-5-7-25-13-1-2-14(26-8-6-24-10-12-28)18-17(13)21(31)19-15(29)3-4-16(30)20(19)22(18)32/h4-7,13,17,22,25-26,37,39,42-43,45H,8-12H2,1-3H3,(H2,59,60,61);1-4,23-30H,5-12H2/t13-,17+,22-,25-,26+,37-,39-,42+,43-,45+;/m1./s1. The highest BCUT2D eigenvalue weighted by molar-refractivity contribution is 7.46. The minimum Gasteiger partial charge on any atom is -0.507 e. The fraction of sp³-hybridized carbons (Fsp3) is 0.388. The molecule has 6 aliphatic rings. The zero-order valence-electron chi connectivity index (χ0n) is 56.2. The Kier molecular flexibility index (Phi) is 24.3. The van der Waals surface area contributed by atoms with Crippen molar-refractivity contribution in [2.45, 2.75) is 55.9 Å². The van der Waals surface area contributed by atoms with Gasteiger partial charge in [-0.05, 0) is 72.1 Å². The molecule has 10 N–H and O–H groups in total. The third-order valence-electron chi connectivity index (χ3n) is 17.5. The van der Waals surface area contributed by atoms with E-state index in [0.29, 0.717) is 50.6 Å². The van der Waals surface area contributed by atoms with Gasteiger partial charge in [0.05, 0.1) is 74.9 Å². The van der Waals surface area contributed by atoms with E-state index in [1.54, 1.807) is 12.1 Å². The van der Waals surface area contributed by atoms with E-state index in [1.165, 1.54) is 43.3 Å². The van der Waals surface area contributed by atoms with Crippen LogP contribution < -0.4 is 54.2 Å². The molecule has 0 spiro atoms. The van der Waals surface area contributed by atoms with Gasteiger partial charge in [0.2, 0.25) is 82.3 Å². The number of anilines is 2. The van der Waals surface area contributed by atoms with Crippen LogP contribution in [-0.4, -0.2) is 197 Å². The number of hydrogen-bond acceptors (Lipinski definition) is 28. The molecule has 3 fully saturated rings. The number of carbonyl (C=O) groups excluding carboxylic acids is 5. The molecule has 0 amide bonds. The fourth-order valence-electron chi connectivity index (χ4n) is 12.9. The highest BCUT2D eigenvalue weighted by atomic mass is 31.2. The summed E-state index contributed by atoms with van der Waals surface area (Å²) >= 11 is 0. The van der Waals surface area contributed by atoms with E-state index in [2.05, 4.69) is 26.0 Å². The second-order valence-corrected chi connectivity index (χ2v) is 25.2. The number of phenolic OH excluding ortho intramolecular Hbond substituents is 2. The lowest BCUT2D eigenvalue weighted by molar-refractivity contribution is -0.366. The topological polar surface area (TPSA) is 401 Å². The number of ketones is 2. The number of esters is 3. The number of methoxy groups -OCH3 is 2. The summed E-state index contributed by atoms with van der Waals surface area (Å²) in [6.07, 6.45) is -12.2. The van der Waals surface area contributed by atoms with Gasteiger partial charge in [-0.3, -0.25) is 24.2 Å². The maximum absolute atomic E-state index is 14.7. The average Bonchev–Trinajstić information content (AvgIpc) is 1.33. The first-order valence-corrected chi connectivity index (χ1v) is 33.8. The quantitative estimate of drug-likeness (QED) is 0.00437. The molecule has 582 valence electrons. The van der Waals surface area contributed by atoms with Crippen LogP contribution in [0, 0.1) is 70.0 Å². The molecule has 0 bridgehead atoms.